The first kappa shape index (κ1) is 14.4. The smallest absolute Gasteiger partial charge is 0.257 e. The van der Waals surface area contributed by atoms with Gasteiger partial charge in [0.05, 0.1) is 17.5 Å². The molecule has 120 valence electrons. The van der Waals surface area contributed by atoms with Crippen molar-refractivity contribution in [2.75, 3.05) is 26.2 Å². The predicted octanol–water partition coefficient (Wildman–Crippen LogP) is 1.69. The van der Waals surface area contributed by atoms with Crippen molar-refractivity contribution in [3.05, 3.63) is 36.3 Å². The van der Waals surface area contributed by atoms with Crippen LogP contribution in [0.5, 0.6) is 0 Å². The molecule has 0 bridgehead atoms. The van der Waals surface area contributed by atoms with Gasteiger partial charge in [-0.05, 0) is 43.4 Å². The molecule has 0 atom stereocenters. The Morgan fingerprint density at radius 3 is 2.65 bits per heavy atom. The Balaban J connectivity index is 1.51. The summed E-state index contributed by atoms with van der Waals surface area (Å²) in [5.74, 6) is 0.0753. The molecular formula is C17H21N5O. The number of nitrogens with one attached hydrogen (secondary N) is 2. The van der Waals surface area contributed by atoms with Crippen molar-refractivity contribution < 1.29 is 4.79 Å². The average Bonchev–Trinajstić information content (AvgIpc) is 3.26. The largest absolute Gasteiger partial charge is 0.338 e. The quantitative estimate of drug-likeness (QED) is 0.885. The maximum absolute atomic E-state index is 12.9. The highest BCUT2D eigenvalue weighted by Crippen LogP contribution is 2.37. The van der Waals surface area contributed by atoms with Crippen molar-refractivity contribution in [3.63, 3.8) is 0 Å². The van der Waals surface area contributed by atoms with Gasteiger partial charge in [-0.15, -0.1) is 0 Å². The summed E-state index contributed by atoms with van der Waals surface area (Å²) in [6, 6.07) is 3.78. The van der Waals surface area contributed by atoms with Crippen LogP contribution in [0.2, 0.25) is 0 Å². The van der Waals surface area contributed by atoms with Crippen LogP contribution in [0.25, 0.3) is 11.3 Å². The summed E-state index contributed by atoms with van der Waals surface area (Å²) in [4.78, 5) is 18.9. The number of aromatic nitrogens is 3. The lowest BCUT2D eigenvalue weighted by Gasteiger charge is -2.38. The molecule has 0 aromatic carbocycles. The number of H-pyrrole nitrogens is 1. The molecule has 4 heterocycles. The van der Waals surface area contributed by atoms with E-state index in [4.69, 9.17) is 0 Å². The van der Waals surface area contributed by atoms with Gasteiger partial charge in [-0.3, -0.25) is 14.9 Å². The molecule has 2 aromatic heterocycles. The monoisotopic (exact) mass is 311 g/mol. The molecule has 0 radical (unpaired) electrons. The third-order valence-corrected chi connectivity index (χ3v) is 5.28. The first-order valence-electron chi connectivity index (χ1n) is 8.21. The number of rotatable bonds is 2. The minimum absolute atomic E-state index is 0.0753. The first-order valence-corrected chi connectivity index (χ1v) is 8.21. The number of hydrogen-bond acceptors (Lipinski definition) is 4. The molecular weight excluding hydrogens is 290 g/mol. The fourth-order valence-electron chi connectivity index (χ4n) is 3.76. The van der Waals surface area contributed by atoms with Gasteiger partial charge < -0.3 is 10.2 Å². The number of piperidine rings is 1. The second-order valence-electron chi connectivity index (χ2n) is 6.61. The minimum atomic E-state index is 0.0753. The van der Waals surface area contributed by atoms with Crippen molar-refractivity contribution in [2.45, 2.75) is 19.3 Å². The summed E-state index contributed by atoms with van der Waals surface area (Å²) >= 11 is 0. The molecule has 0 saturated carbocycles. The van der Waals surface area contributed by atoms with E-state index in [0.717, 1.165) is 50.3 Å². The molecule has 2 aliphatic heterocycles. The Labute approximate surface area is 135 Å². The molecule has 6 heteroatoms. The van der Waals surface area contributed by atoms with E-state index < -0.39 is 0 Å². The van der Waals surface area contributed by atoms with Crippen LogP contribution in [0, 0.1) is 5.41 Å². The van der Waals surface area contributed by atoms with Crippen LogP contribution in [0.15, 0.2) is 30.7 Å². The van der Waals surface area contributed by atoms with E-state index in [9.17, 15) is 4.79 Å². The second kappa shape index (κ2) is 5.77. The molecule has 2 aliphatic rings. The number of carbonyl (C=O) groups is 1. The van der Waals surface area contributed by atoms with Gasteiger partial charge in [0.2, 0.25) is 0 Å². The fourth-order valence-corrected chi connectivity index (χ4v) is 3.76. The lowest BCUT2D eigenvalue weighted by atomic mass is 9.78. The maximum atomic E-state index is 12.9. The van der Waals surface area contributed by atoms with Crippen LogP contribution in [-0.2, 0) is 0 Å². The summed E-state index contributed by atoms with van der Waals surface area (Å²) in [5, 5.41) is 10.5. The van der Waals surface area contributed by atoms with E-state index in [2.05, 4.69) is 20.5 Å². The summed E-state index contributed by atoms with van der Waals surface area (Å²) in [6.07, 6.45) is 8.51. The minimum Gasteiger partial charge on any atom is -0.338 e. The molecule has 0 unspecified atom stereocenters. The zero-order chi connectivity index (χ0) is 15.7. The van der Waals surface area contributed by atoms with Gasteiger partial charge in [0.15, 0.2) is 0 Å². The highest BCUT2D eigenvalue weighted by Gasteiger charge is 2.38. The number of amides is 1. The predicted molar refractivity (Wildman–Crippen MR) is 86.9 cm³/mol. The molecule has 23 heavy (non-hydrogen) atoms. The highest BCUT2D eigenvalue weighted by molar-refractivity contribution is 5.99. The van der Waals surface area contributed by atoms with Crippen molar-refractivity contribution in [3.8, 4) is 11.3 Å². The van der Waals surface area contributed by atoms with Crippen LogP contribution >= 0.6 is 0 Å². The lowest BCUT2D eigenvalue weighted by molar-refractivity contribution is 0.0608. The van der Waals surface area contributed by atoms with Gasteiger partial charge in [-0.2, -0.15) is 5.10 Å². The second-order valence-corrected chi connectivity index (χ2v) is 6.61. The topological polar surface area (TPSA) is 73.9 Å². The van der Waals surface area contributed by atoms with E-state index in [1.165, 1.54) is 6.42 Å². The van der Waals surface area contributed by atoms with E-state index in [1.807, 2.05) is 17.0 Å². The van der Waals surface area contributed by atoms with Crippen molar-refractivity contribution >= 4 is 5.91 Å². The van der Waals surface area contributed by atoms with E-state index >= 15 is 0 Å². The fraction of sp³-hybridized carbons (Fsp3) is 0.471. The molecule has 2 N–H and O–H groups in total. The van der Waals surface area contributed by atoms with Crippen LogP contribution in [0.4, 0.5) is 0 Å². The molecule has 6 nitrogen and oxygen atoms in total. The van der Waals surface area contributed by atoms with Gasteiger partial charge >= 0.3 is 0 Å². The first-order chi connectivity index (χ1) is 11.3. The third kappa shape index (κ3) is 2.63. The maximum Gasteiger partial charge on any atom is 0.257 e. The number of aromatic amines is 1. The Bertz CT molecular complexity index is 680. The van der Waals surface area contributed by atoms with Crippen LogP contribution in [0.1, 0.15) is 29.6 Å². The Hall–Kier alpha value is -2.21. The SMILES string of the molecule is O=C(c1cn[nH]c1-c1ccncc1)N1CCC2(CCNC2)CC1. The summed E-state index contributed by atoms with van der Waals surface area (Å²) in [5.41, 5.74) is 2.78. The number of carbonyl (C=O) groups excluding carboxylic acids is 1. The van der Waals surface area contributed by atoms with E-state index in [-0.39, 0.29) is 5.91 Å². The van der Waals surface area contributed by atoms with Crippen LogP contribution < -0.4 is 5.32 Å². The van der Waals surface area contributed by atoms with Crippen LogP contribution in [0.3, 0.4) is 0 Å². The van der Waals surface area contributed by atoms with E-state index in [1.54, 1.807) is 18.6 Å². The van der Waals surface area contributed by atoms with Gasteiger partial charge in [0.25, 0.3) is 5.91 Å². The van der Waals surface area contributed by atoms with Gasteiger partial charge in [0.1, 0.15) is 0 Å². The normalized spacial score (nSPS) is 20.1. The molecule has 1 spiro atoms. The summed E-state index contributed by atoms with van der Waals surface area (Å²) < 4.78 is 0. The summed E-state index contributed by atoms with van der Waals surface area (Å²) in [7, 11) is 0. The lowest BCUT2D eigenvalue weighted by Crippen LogP contribution is -2.44. The molecule has 2 fully saturated rings. The Morgan fingerprint density at radius 1 is 1.17 bits per heavy atom. The van der Waals surface area contributed by atoms with Gasteiger partial charge in [-0.25, -0.2) is 0 Å². The number of nitrogens with zero attached hydrogens (tertiary/aromatic N) is 3. The molecule has 4 rings (SSSR count). The molecule has 2 saturated heterocycles. The number of likely N-dealkylation sites (tertiary alicyclic amines) is 1. The molecule has 1 amide bonds. The summed E-state index contributed by atoms with van der Waals surface area (Å²) in [6.45, 7) is 3.88. The zero-order valence-corrected chi connectivity index (χ0v) is 13.1. The Kier molecular flexibility index (Phi) is 3.61. The highest BCUT2D eigenvalue weighted by atomic mass is 16.2. The van der Waals surface area contributed by atoms with Crippen molar-refractivity contribution in [1.29, 1.82) is 0 Å². The standard InChI is InChI=1S/C17H21N5O/c23-16(22-9-4-17(5-10-22)3-8-19-12-17)14-11-20-21-15(14)13-1-6-18-7-2-13/h1-2,6-7,11,19H,3-5,8-10,12H2,(H,20,21). The number of hydrogen-bond donors (Lipinski definition) is 2. The van der Waals surface area contributed by atoms with E-state index in [0.29, 0.717) is 11.0 Å². The molecule has 2 aromatic rings. The van der Waals surface area contributed by atoms with Crippen molar-refractivity contribution in [2.24, 2.45) is 5.41 Å². The zero-order valence-electron chi connectivity index (χ0n) is 13.1. The van der Waals surface area contributed by atoms with Gasteiger partial charge in [-0.1, -0.05) is 0 Å². The van der Waals surface area contributed by atoms with Crippen molar-refractivity contribution in [1.82, 2.24) is 25.4 Å². The number of pyridine rings is 1. The van der Waals surface area contributed by atoms with Gasteiger partial charge in [0, 0.05) is 37.6 Å². The third-order valence-electron chi connectivity index (χ3n) is 5.28. The molecule has 0 aliphatic carbocycles. The Morgan fingerprint density at radius 2 is 1.96 bits per heavy atom. The average molecular weight is 311 g/mol. The van der Waals surface area contributed by atoms with Crippen LogP contribution in [-0.4, -0.2) is 52.2 Å².